The summed E-state index contributed by atoms with van der Waals surface area (Å²) in [6.45, 7) is 2.64. The van der Waals surface area contributed by atoms with E-state index in [0.717, 1.165) is 18.5 Å². The Labute approximate surface area is 165 Å². The van der Waals surface area contributed by atoms with Crippen LogP contribution in [-0.2, 0) is 4.74 Å². The molecule has 1 atom stereocenters. The maximum atomic E-state index is 13.1. The number of hydrogen-bond acceptors (Lipinski definition) is 6. The predicted octanol–water partition coefficient (Wildman–Crippen LogP) is 3.94. The van der Waals surface area contributed by atoms with E-state index in [-0.39, 0.29) is 11.6 Å². The zero-order chi connectivity index (χ0) is 19.9. The first kappa shape index (κ1) is 19.5. The summed E-state index contributed by atoms with van der Waals surface area (Å²) < 4.78 is 11.2. The fourth-order valence-electron chi connectivity index (χ4n) is 2.88. The van der Waals surface area contributed by atoms with Crippen molar-refractivity contribution in [3.05, 3.63) is 72.1 Å². The Morgan fingerprint density at radius 3 is 2.68 bits per heavy atom. The third-order valence-electron chi connectivity index (χ3n) is 4.44. The fourth-order valence-corrected chi connectivity index (χ4v) is 2.88. The summed E-state index contributed by atoms with van der Waals surface area (Å²) in [7, 11) is 1.57. The zero-order valence-electron chi connectivity index (χ0n) is 16.2. The first-order valence-corrected chi connectivity index (χ1v) is 9.36. The molecular weight excluding hydrogens is 354 g/mol. The quantitative estimate of drug-likeness (QED) is 0.555. The molecule has 0 amide bonds. The number of anilines is 1. The number of nitrogens with two attached hydrogens (primary N) is 1. The van der Waals surface area contributed by atoms with Crippen molar-refractivity contribution in [3.8, 4) is 5.75 Å². The molecule has 0 bridgehead atoms. The third kappa shape index (κ3) is 4.34. The van der Waals surface area contributed by atoms with E-state index < -0.39 is 5.92 Å². The molecule has 0 aliphatic carbocycles. The standard InChI is InChI=1S/C22H25N3O3/c1-3-4-13-28-20-15-19(21(26)16-9-8-12-18(14-16)27-2)22(23)24-25(20)17-10-6-5-7-11-17/h5-12,14-15,19H,3-4,13H2,1-2H3,(H2,23,24). The fraction of sp³-hybridized carbons (Fsp3) is 0.273. The maximum absolute atomic E-state index is 13.1. The zero-order valence-corrected chi connectivity index (χ0v) is 16.2. The number of nitrogens with zero attached hydrogens (tertiary/aromatic N) is 2. The number of unbranched alkanes of at least 4 members (excludes halogenated alkanes) is 1. The number of hydrazone groups is 1. The Hall–Kier alpha value is -3.28. The van der Waals surface area contributed by atoms with Gasteiger partial charge in [0.1, 0.15) is 17.5 Å². The SMILES string of the molecule is CCCCOC1=CC(C(=O)c2cccc(OC)c2)C(N)=NN1c1ccccc1. The molecule has 0 spiro atoms. The minimum Gasteiger partial charge on any atom is -0.497 e. The molecule has 0 aromatic heterocycles. The summed E-state index contributed by atoms with van der Waals surface area (Å²) in [6.07, 6.45) is 3.66. The van der Waals surface area contributed by atoms with E-state index in [4.69, 9.17) is 15.2 Å². The van der Waals surface area contributed by atoms with Gasteiger partial charge in [-0.15, -0.1) is 0 Å². The minimum atomic E-state index is -0.691. The van der Waals surface area contributed by atoms with Gasteiger partial charge in [0, 0.05) is 5.56 Å². The van der Waals surface area contributed by atoms with E-state index in [1.807, 2.05) is 30.3 Å². The summed E-state index contributed by atoms with van der Waals surface area (Å²) >= 11 is 0. The largest absolute Gasteiger partial charge is 0.497 e. The average Bonchev–Trinajstić information content (AvgIpc) is 2.74. The van der Waals surface area contributed by atoms with Crippen LogP contribution in [0.3, 0.4) is 0 Å². The Morgan fingerprint density at radius 1 is 1.18 bits per heavy atom. The number of ether oxygens (including phenoxy) is 2. The molecule has 2 N–H and O–H groups in total. The molecule has 0 fully saturated rings. The summed E-state index contributed by atoms with van der Waals surface area (Å²) in [5.41, 5.74) is 7.52. The highest BCUT2D eigenvalue weighted by molar-refractivity contribution is 6.13. The van der Waals surface area contributed by atoms with Gasteiger partial charge in [0.15, 0.2) is 5.78 Å². The van der Waals surface area contributed by atoms with Crippen LogP contribution in [0.1, 0.15) is 30.1 Å². The highest BCUT2D eigenvalue weighted by Gasteiger charge is 2.30. The number of carbonyl (C=O) groups excluding carboxylic acids is 1. The van der Waals surface area contributed by atoms with Gasteiger partial charge in [0.25, 0.3) is 0 Å². The van der Waals surface area contributed by atoms with Gasteiger partial charge in [0.2, 0.25) is 5.88 Å². The monoisotopic (exact) mass is 379 g/mol. The van der Waals surface area contributed by atoms with Crippen LogP contribution in [0.15, 0.2) is 71.7 Å². The van der Waals surface area contributed by atoms with Gasteiger partial charge in [-0.25, -0.2) is 0 Å². The number of benzene rings is 2. The predicted molar refractivity (Wildman–Crippen MR) is 110 cm³/mol. The van der Waals surface area contributed by atoms with Crippen LogP contribution >= 0.6 is 0 Å². The normalized spacial score (nSPS) is 16.2. The summed E-state index contributed by atoms with van der Waals surface area (Å²) in [4.78, 5) is 13.1. The lowest BCUT2D eigenvalue weighted by Gasteiger charge is -2.28. The number of Topliss-reactive ketones (excluding diaryl/α,β-unsaturated/α-hetero) is 1. The van der Waals surface area contributed by atoms with Crippen molar-refractivity contribution >= 4 is 17.3 Å². The molecule has 0 saturated carbocycles. The molecule has 0 saturated heterocycles. The van der Waals surface area contributed by atoms with E-state index in [1.54, 1.807) is 42.5 Å². The van der Waals surface area contributed by atoms with Gasteiger partial charge >= 0.3 is 0 Å². The lowest BCUT2D eigenvalue weighted by atomic mass is 9.95. The number of amidine groups is 1. The molecule has 146 valence electrons. The van der Waals surface area contributed by atoms with Crippen LogP contribution in [0.25, 0.3) is 0 Å². The molecule has 6 nitrogen and oxygen atoms in total. The van der Waals surface area contributed by atoms with Crippen LogP contribution in [0.2, 0.25) is 0 Å². The van der Waals surface area contributed by atoms with E-state index in [9.17, 15) is 4.79 Å². The molecule has 2 aromatic rings. The van der Waals surface area contributed by atoms with E-state index in [2.05, 4.69) is 12.0 Å². The van der Waals surface area contributed by atoms with Crippen LogP contribution in [0.5, 0.6) is 5.75 Å². The Bertz CT molecular complexity index is 878. The maximum Gasteiger partial charge on any atom is 0.212 e. The summed E-state index contributed by atoms with van der Waals surface area (Å²) in [5, 5.41) is 6.10. The number of rotatable bonds is 8. The van der Waals surface area contributed by atoms with Gasteiger partial charge in [-0.2, -0.15) is 10.1 Å². The molecule has 1 heterocycles. The molecule has 6 heteroatoms. The van der Waals surface area contributed by atoms with E-state index in [1.165, 1.54) is 0 Å². The summed E-state index contributed by atoms with van der Waals surface area (Å²) in [6, 6.07) is 16.6. The van der Waals surface area contributed by atoms with E-state index in [0.29, 0.717) is 23.8 Å². The molecule has 1 aliphatic heterocycles. The van der Waals surface area contributed by atoms with Gasteiger partial charge in [-0.1, -0.05) is 43.7 Å². The molecule has 1 aliphatic rings. The Kier molecular flexibility index (Phi) is 6.32. The number of para-hydroxylation sites is 1. The van der Waals surface area contributed by atoms with Crippen molar-refractivity contribution in [2.75, 3.05) is 18.7 Å². The Morgan fingerprint density at radius 2 is 1.96 bits per heavy atom. The van der Waals surface area contributed by atoms with Gasteiger partial charge < -0.3 is 15.2 Å². The van der Waals surface area contributed by atoms with Gasteiger partial charge in [-0.05, 0) is 36.8 Å². The van der Waals surface area contributed by atoms with Gasteiger partial charge in [-0.3, -0.25) is 4.79 Å². The van der Waals surface area contributed by atoms with Crippen molar-refractivity contribution in [2.24, 2.45) is 16.8 Å². The topological polar surface area (TPSA) is 77.1 Å². The second-order valence-corrected chi connectivity index (χ2v) is 6.45. The second-order valence-electron chi connectivity index (χ2n) is 6.45. The highest BCUT2D eigenvalue weighted by Crippen LogP contribution is 2.27. The lowest BCUT2D eigenvalue weighted by Crippen LogP contribution is -2.37. The summed E-state index contributed by atoms with van der Waals surface area (Å²) in [5.74, 6) is 0.509. The second kappa shape index (κ2) is 9.08. The first-order chi connectivity index (χ1) is 13.6. The van der Waals surface area contributed by atoms with Crippen LogP contribution in [0, 0.1) is 5.92 Å². The molecule has 1 unspecified atom stereocenters. The average molecular weight is 379 g/mol. The molecular formula is C22H25N3O3. The van der Waals surface area contributed by atoms with Crippen molar-refractivity contribution < 1.29 is 14.3 Å². The van der Waals surface area contributed by atoms with Gasteiger partial charge in [0.05, 0.1) is 19.4 Å². The molecule has 0 radical (unpaired) electrons. The lowest BCUT2D eigenvalue weighted by molar-refractivity contribution is 0.0966. The minimum absolute atomic E-state index is 0.149. The highest BCUT2D eigenvalue weighted by atomic mass is 16.5. The van der Waals surface area contributed by atoms with Crippen molar-refractivity contribution in [1.82, 2.24) is 0 Å². The number of methoxy groups -OCH3 is 1. The number of carbonyl (C=O) groups is 1. The molecule has 28 heavy (non-hydrogen) atoms. The Balaban J connectivity index is 1.92. The smallest absolute Gasteiger partial charge is 0.212 e. The first-order valence-electron chi connectivity index (χ1n) is 9.36. The van der Waals surface area contributed by atoms with Crippen LogP contribution < -0.4 is 15.5 Å². The number of hydrogen-bond donors (Lipinski definition) is 1. The van der Waals surface area contributed by atoms with Crippen molar-refractivity contribution in [2.45, 2.75) is 19.8 Å². The van der Waals surface area contributed by atoms with Crippen LogP contribution in [-0.4, -0.2) is 25.3 Å². The van der Waals surface area contributed by atoms with Crippen molar-refractivity contribution in [1.29, 1.82) is 0 Å². The van der Waals surface area contributed by atoms with Crippen LogP contribution in [0.4, 0.5) is 5.69 Å². The van der Waals surface area contributed by atoms with E-state index >= 15 is 0 Å². The number of ketones is 1. The molecule has 3 rings (SSSR count). The molecule has 2 aromatic carbocycles. The third-order valence-corrected chi connectivity index (χ3v) is 4.44. The van der Waals surface area contributed by atoms with Crippen molar-refractivity contribution in [3.63, 3.8) is 0 Å².